The molecule has 1 atom stereocenters. The molecule has 0 saturated carbocycles. The van der Waals surface area contributed by atoms with Gasteiger partial charge in [0, 0.05) is 23.0 Å². The summed E-state index contributed by atoms with van der Waals surface area (Å²) < 4.78 is 0. The van der Waals surface area contributed by atoms with Crippen LogP contribution >= 0.6 is 11.3 Å². The van der Waals surface area contributed by atoms with Crippen molar-refractivity contribution in [2.75, 3.05) is 18.9 Å². The van der Waals surface area contributed by atoms with E-state index in [-0.39, 0.29) is 23.9 Å². The van der Waals surface area contributed by atoms with E-state index in [4.69, 9.17) is 0 Å². The molecule has 2 heterocycles. The van der Waals surface area contributed by atoms with Gasteiger partial charge in [0.25, 0.3) is 0 Å². The molecule has 0 unspecified atom stereocenters. The van der Waals surface area contributed by atoms with Crippen molar-refractivity contribution in [3.8, 4) is 0 Å². The first-order valence-corrected chi connectivity index (χ1v) is 8.37. The number of rotatable bonds is 5. The molecule has 1 amide bonds. The molecule has 0 aliphatic rings. The quantitative estimate of drug-likeness (QED) is 0.911. The van der Waals surface area contributed by atoms with Gasteiger partial charge in [-0.25, -0.2) is 15.0 Å². The molecule has 2 aromatic rings. The van der Waals surface area contributed by atoms with Crippen LogP contribution in [0, 0.1) is 0 Å². The molecule has 0 bridgehead atoms. The number of carbonyl (C=O) groups excluding carboxylic acids is 1. The van der Waals surface area contributed by atoms with Crippen LogP contribution in [-0.4, -0.2) is 39.4 Å². The van der Waals surface area contributed by atoms with Crippen LogP contribution in [0.2, 0.25) is 0 Å². The molecule has 0 radical (unpaired) electrons. The number of hydrogen-bond donors (Lipinski definition) is 1. The average Bonchev–Trinajstić information content (AvgIpc) is 2.95. The second-order valence-corrected chi connectivity index (χ2v) is 7.42. The molecular formula is C16H23N5OS. The van der Waals surface area contributed by atoms with Crippen LogP contribution in [0.3, 0.4) is 0 Å². The van der Waals surface area contributed by atoms with E-state index in [1.54, 1.807) is 6.20 Å². The topological polar surface area (TPSA) is 71.0 Å². The maximum atomic E-state index is 12.2. The Labute approximate surface area is 141 Å². The zero-order valence-corrected chi connectivity index (χ0v) is 15.0. The summed E-state index contributed by atoms with van der Waals surface area (Å²) in [5.74, 6) is -0.0804. The molecule has 0 aliphatic carbocycles. The minimum Gasteiger partial charge on any atom is -0.301 e. The Hall–Kier alpha value is -1.86. The van der Waals surface area contributed by atoms with Crippen LogP contribution in [0.1, 0.15) is 45.1 Å². The Balaban J connectivity index is 1.93. The number of likely N-dealkylation sites (N-methyl/N-ethyl adjacent to an activating group) is 1. The van der Waals surface area contributed by atoms with Gasteiger partial charge in [0.05, 0.1) is 17.9 Å². The molecule has 1 N–H and O–H groups in total. The van der Waals surface area contributed by atoms with Gasteiger partial charge in [-0.15, -0.1) is 11.3 Å². The standard InChI is InChI=1S/C16H23N5OS/c1-11(12-6-7-17-10-18-12)21(5)8-14(22)20-15-19-13(9-23-15)16(2,3)4/h6-7,9-11H,8H2,1-5H3,(H,19,20,22)/t11-/m1/s1. The Morgan fingerprint density at radius 3 is 2.74 bits per heavy atom. The van der Waals surface area contributed by atoms with Crippen LogP contribution in [-0.2, 0) is 10.2 Å². The van der Waals surface area contributed by atoms with E-state index in [1.165, 1.54) is 17.7 Å². The molecule has 124 valence electrons. The molecule has 0 spiro atoms. The fourth-order valence-electron chi connectivity index (χ4n) is 1.97. The summed E-state index contributed by atoms with van der Waals surface area (Å²) in [5, 5.41) is 5.50. The fourth-order valence-corrected chi connectivity index (χ4v) is 2.93. The molecule has 6 nitrogen and oxygen atoms in total. The first-order valence-electron chi connectivity index (χ1n) is 7.49. The van der Waals surface area contributed by atoms with Gasteiger partial charge in [0.2, 0.25) is 5.91 Å². The highest BCUT2D eigenvalue weighted by molar-refractivity contribution is 7.13. The lowest BCUT2D eigenvalue weighted by molar-refractivity contribution is -0.117. The predicted molar refractivity (Wildman–Crippen MR) is 92.5 cm³/mol. The maximum absolute atomic E-state index is 12.2. The average molecular weight is 333 g/mol. The fraction of sp³-hybridized carbons (Fsp3) is 0.500. The third-order valence-electron chi connectivity index (χ3n) is 3.61. The predicted octanol–water partition coefficient (Wildman–Crippen LogP) is 2.86. The van der Waals surface area contributed by atoms with Crippen molar-refractivity contribution < 1.29 is 4.79 Å². The molecule has 7 heteroatoms. The first kappa shape index (κ1) is 17.5. The Morgan fingerprint density at radius 1 is 1.43 bits per heavy atom. The van der Waals surface area contributed by atoms with E-state index < -0.39 is 0 Å². The molecule has 0 saturated heterocycles. The highest BCUT2D eigenvalue weighted by atomic mass is 32.1. The Kier molecular flexibility index (Phi) is 5.43. The SMILES string of the molecule is C[C@H](c1ccncn1)N(C)CC(=O)Nc1nc(C(C)(C)C)cs1. The number of nitrogens with one attached hydrogen (secondary N) is 1. The van der Waals surface area contributed by atoms with Crippen LogP contribution in [0.5, 0.6) is 0 Å². The summed E-state index contributed by atoms with van der Waals surface area (Å²) >= 11 is 1.45. The number of anilines is 1. The third-order valence-corrected chi connectivity index (χ3v) is 4.36. The lowest BCUT2D eigenvalue weighted by Gasteiger charge is -2.23. The van der Waals surface area contributed by atoms with E-state index in [1.807, 2.05) is 30.3 Å². The van der Waals surface area contributed by atoms with Crippen LogP contribution in [0.4, 0.5) is 5.13 Å². The van der Waals surface area contributed by atoms with Crippen LogP contribution in [0.25, 0.3) is 0 Å². The molecule has 2 rings (SSSR count). The zero-order chi connectivity index (χ0) is 17.0. The lowest BCUT2D eigenvalue weighted by atomic mass is 9.93. The highest BCUT2D eigenvalue weighted by Crippen LogP contribution is 2.26. The molecule has 23 heavy (non-hydrogen) atoms. The monoisotopic (exact) mass is 333 g/mol. The lowest BCUT2D eigenvalue weighted by Crippen LogP contribution is -2.32. The number of carbonyl (C=O) groups is 1. The summed E-state index contributed by atoms with van der Waals surface area (Å²) in [7, 11) is 1.90. The van der Waals surface area contributed by atoms with Crippen molar-refractivity contribution >= 4 is 22.4 Å². The van der Waals surface area contributed by atoms with Crippen LogP contribution < -0.4 is 5.32 Å². The van der Waals surface area contributed by atoms with E-state index in [2.05, 4.69) is 41.0 Å². The van der Waals surface area contributed by atoms with Gasteiger partial charge in [-0.05, 0) is 20.0 Å². The van der Waals surface area contributed by atoms with Crippen molar-refractivity contribution in [2.24, 2.45) is 0 Å². The van der Waals surface area contributed by atoms with Crippen molar-refractivity contribution in [1.29, 1.82) is 0 Å². The molecule has 0 fully saturated rings. The summed E-state index contributed by atoms with van der Waals surface area (Å²) in [6, 6.07) is 1.89. The summed E-state index contributed by atoms with van der Waals surface area (Å²) in [4.78, 5) is 26.8. The van der Waals surface area contributed by atoms with Crippen LogP contribution in [0.15, 0.2) is 24.0 Å². The van der Waals surface area contributed by atoms with Gasteiger partial charge in [-0.1, -0.05) is 20.8 Å². The summed E-state index contributed by atoms with van der Waals surface area (Å²) in [5.41, 5.74) is 1.86. The van der Waals surface area contributed by atoms with Crippen molar-refractivity contribution in [3.05, 3.63) is 35.4 Å². The maximum Gasteiger partial charge on any atom is 0.240 e. The van der Waals surface area contributed by atoms with Crippen molar-refractivity contribution in [2.45, 2.75) is 39.2 Å². The van der Waals surface area contributed by atoms with Gasteiger partial charge in [-0.2, -0.15) is 0 Å². The van der Waals surface area contributed by atoms with Gasteiger partial charge in [0.15, 0.2) is 5.13 Å². The first-order chi connectivity index (χ1) is 10.8. The van der Waals surface area contributed by atoms with E-state index in [0.717, 1.165) is 11.4 Å². The normalized spacial score (nSPS) is 13.1. The number of hydrogen-bond acceptors (Lipinski definition) is 6. The van der Waals surface area contributed by atoms with E-state index in [9.17, 15) is 4.79 Å². The van der Waals surface area contributed by atoms with Gasteiger partial charge in [0.1, 0.15) is 6.33 Å². The summed E-state index contributed by atoms with van der Waals surface area (Å²) in [6.45, 7) is 8.59. The molecule has 2 aromatic heterocycles. The van der Waals surface area contributed by atoms with Gasteiger partial charge < -0.3 is 5.32 Å². The largest absolute Gasteiger partial charge is 0.301 e. The Bertz CT molecular complexity index is 650. The smallest absolute Gasteiger partial charge is 0.240 e. The number of aromatic nitrogens is 3. The van der Waals surface area contributed by atoms with Gasteiger partial charge in [-0.3, -0.25) is 9.69 Å². The number of thiazole rings is 1. The summed E-state index contributed by atoms with van der Waals surface area (Å²) in [6.07, 6.45) is 3.22. The molecular weight excluding hydrogens is 310 g/mol. The number of nitrogens with zero attached hydrogens (tertiary/aromatic N) is 4. The van der Waals surface area contributed by atoms with Gasteiger partial charge >= 0.3 is 0 Å². The van der Waals surface area contributed by atoms with E-state index in [0.29, 0.717) is 5.13 Å². The highest BCUT2D eigenvalue weighted by Gasteiger charge is 2.19. The molecule has 0 aromatic carbocycles. The molecule has 0 aliphatic heterocycles. The minimum atomic E-state index is -0.0804. The third kappa shape index (κ3) is 4.80. The van der Waals surface area contributed by atoms with E-state index >= 15 is 0 Å². The Morgan fingerprint density at radius 2 is 2.17 bits per heavy atom. The van der Waals surface area contributed by atoms with Crippen molar-refractivity contribution in [3.63, 3.8) is 0 Å². The second-order valence-electron chi connectivity index (χ2n) is 6.56. The zero-order valence-electron chi connectivity index (χ0n) is 14.2. The van der Waals surface area contributed by atoms with Crippen molar-refractivity contribution in [1.82, 2.24) is 19.9 Å². The second kappa shape index (κ2) is 7.14. The minimum absolute atomic E-state index is 0.0161. The number of amides is 1.